The smallest absolute Gasteiger partial charge is 0.0635 e. The zero-order valence-electron chi connectivity index (χ0n) is 11.4. The highest BCUT2D eigenvalue weighted by Crippen LogP contribution is 2.36. The number of benzene rings is 1. The molecule has 1 aliphatic heterocycles. The summed E-state index contributed by atoms with van der Waals surface area (Å²) in [7, 11) is 0. The molecule has 1 saturated heterocycles. The third-order valence-corrected chi connectivity index (χ3v) is 5.19. The number of hydrogen-bond donors (Lipinski definition) is 1. The van der Waals surface area contributed by atoms with Crippen molar-refractivity contribution in [2.24, 2.45) is 11.8 Å². The van der Waals surface area contributed by atoms with E-state index in [0.717, 1.165) is 18.4 Å². The maximum absolute atomic E-state index is 5.98. The van der Waals surface area contributed by atoms with Crippen molar-refractivity contribution in [1.29, 1.82) is 0 Å². The first-order chi connectivity index (χ1) is 9.22. The number of fused-ring (bicyclic) bond motifs is 1. The van der Waals surface area contributed by atoms with Crippen molar-refractivity contribution in [3.8, 4) is 0 Å². The SMILES string of the molecule is Nc1cc(CN2CCC3CCCCC3C2)ccc1Cl. The van der Waals surface area contributed by atoms with Crippen molar-refractivity contribution in [1.82, 2.24) is 4.90 Å². The third kappa shape index (κ3) is 3.06. The fourth-order valence-electron chi connectivity index (χ4n) is 3.77. The van der Waals surface area contributed by atoms with Gasteiger partial charge in [0, 0.05) is 13.1 Å². The van der Waals surface area contributed by atoms with E-state index in [1.807, 2.05) is 12.1 Å². The molecule has 1 aromatic rings. The van der Waals surface area contributed by atoms with E-state index in [0.29, 0.717) is 10.7 Å². The molecule has 3 heteroatoms. The molecule has 2 fully saturated rings. The molecular weight excluding hydrogens is 256 g/mol. The van der Waals surface area contributed by atoms with E-state index in [2.05, 4.69) is 11.0 Å². The molecule has 104 valence electrons. The summed E-state index contributed by atoms with van der Waals surface area (Å²) in [5.74, 6) is 1.94. The van der Waals surface area contributed by atoms with E-state index in [1.54, 1.807) is 0 Å². The minimum atomic E-state index is 0.662. The topological polar surface area (TPSA) is 29.3 Å². The Bertz CT molecular complexity index is 446. The van der Waals surface area contributed by atoms with Gasteiger partial charge in [-0.3, -0.25) is 4.90 Å². The molecule has 19 heavy (non-hydrogen) atoms. The fourth-order valence-corrected chi connectivity index (χ4v) is 3.89. The number of nitrogens with two attached hydrogens (primary N) is 1. The van der Waals surface area contributed by atoms with Gasteiger partial charge in [0.15, 0.2) is 0 Å². The van der Waals surface area contributed by atoms with Gasteiger partial charge in [-0.2, -0.15) is 0 Å². The summed E-state index contributed by atoms with van der Waals surface area (Å²) in [6.45, 7) is 3.53. The van der Waals surface area contributed by atoms with Gasteiger partial charge in [-0.05, 0) is 48.9 Å². The highest BCUT2D eigenvalue weighted by atomic mass is 35.5. The van der Waals surface area contributed by atoms with Gasteiger partial charge in [0.05, 0.1) is 10.7 Å². The van der Waals surface area contributed by atoms with Crippen LogP contribution in [0.1, 0.15) is 37.7 Å². The lowest BCUT2D eigenvalue weighted by Crippen LogP contribution is -2.41. The highest BCUT2D eigenvalue weighted by Gasteiger charge is 2.30. The first-order valence-electron chi connectivity index (χ1n) is 7.48. The Balaban J connectivity index is 1.62. The van der Waals surface area contributed by atoms with Crippen LogP contribution in [0.5, 0.6) is 0 Å². The van der Waals surface area contributed by atoms with Gasteiger partial charge in [-0.25, -0.2) is 0 Å². The number of halogens is 1. The molecule has 1 heterocycles. The van der Waals surface area contributed by atoms with Gasteiger partial charge in [0.25, 0.3) is 0 Å². The lowest BCUT2D eigenvalue weighted by Gasteiger charge is -2.41. The molecule has 0 aromatic heterocycles. The van der Waals surface area contributed by atoms with Gasteiger partial charge in [-0.15, -0.1) is 0 Å². The summed E-state index contributed by atoms with van der Waals surface area (Å²) >= 11 is 5.98. The fraction of sp³-hybridized carbons (Fsp3) is 0.625. The van der Waals surface area contributed by atoms with E-state index < -0.39 is 0 Å². The van der Waals surface area contributed by atoms with E-state index >= 15 is 0 Å². The first-order valence-corrected chi connectivity index (χ1v) is 7.86. The Hall–Kier alpha value is -0.730. The lowest BCUT2D eigenvalue weighted by atomic mass is 9.75. The van der Waals surface area contributed by atoms with E-state index in [4.69, 9.17) is 17.3 Å². The van der Waals surface area contributed by atoms with Crippen LogP contribution >= 0.6 is 11.6 Å². The second-order valence-electron chi connectivity index (χ2n) is 6.18. The predicted molar refractivity (Wildman–Crippen MR) is 81.2 cm³/mol. The van der Waals surface area contributed by atoms with Crippen molar-refractivity contribution >= 4 is 17.3 Å². The molecule has 1 saturated carbocycles. The van der Waals surface area contributed by atoms with Crippen LogP contribution in [-0.4, -0.2) is 18.0 Å². The Morgan fingerprint density at radius 3 is 2.74 bits per heavy atom. The van der Waals surface area contributed by atoms with Crippen LogP contribution in [0, 0.1) is 11.8 Å². The van der Waals surface area contributed by atoms with Gasteiger partial charge in [-0.1, -0.05) is 36.9 Å². The zero-order valence-corrected chi connectivity index (χ0v) is 12.2. The molecule has 0 radical (unpaired) electrons. The van der Waals surface area contributed by atoms with E-state index in [-0.39, 0.29) is 0 Å². The molecular formula is C16H23ClN2. The Morgan fingerprint density at radius 2 is 1.95 bits per heavy atom. The normalized spacial score (nSPS) is 28.1. The van der Waals surface area contributed by atoms with Crippen LogP contribution in [0.15, 0.2) is 18.2 Å². The lowest BCUT2D eigenvalue weighted by molar-refractivity contribution is 0.0821. The summed E-state index contributed by atoms with van der Waals surface area (Å²) in [6, 6.07) is 6.04. The number of nitrogens with zero attached hydrogens (tertiary/aromatic N) is 1. The number of anilines is 1. The second kappa shape index (κ2) is 5.72. The quantitative estimate of drug-likeness (QED) is 0.831. The van der Waals surface area contributed by atoms with Gasteiger partial charge in [0.2, 0.25) is 0 Å². The van der Waals surface area contributed by atoms with Crippen LogP contribution in [0.3, 0.4) is 0 Å². The van der Waals surface area contributed by atoms with E-state index in [9.17, 15) is 0 Å². The molecule has 3 rings (SSSR count). The van der Waals surface area contributed by atoms with Crippen molar-refractivity contribution in [3.63, 3.8) is 0 Å². The van der Waals surface area contributed by atoms with Crippen molar-refractivity contribution in [2.45, 2.75) is 38.6 Å². The maximum atomic E-state index is 5.98. The average Bonchev–Trinajstić information content (AvgIpc) is 2.43. The maximum Gasteiger partial charge on any atom is 0.0635 e. The summed E-state index contributed by atoms with van der Waals surface area (Å²) < 4.78 is 0. The van der Waals surface area contributed by atoms with Crippen LogP contribution in [0.25, 0.3) is 0 Å². The number of nitrogen functional groups attached to an aromatic ring is 1. The molecule has 2 unspecified atom stereocenters. The van der Waals surface area contributed by atoms with Crippen LogP contribution in [0.2, 0.25) is 5.02 Å². The van der Waals surface area contributed by atoms with Gasteiger partial charge in [0.1, 0.15) is 0 Å². The molecule has 0 amide bonds. The summed E-state index contributed by atoms with van der Waals surface area (Å²) in [6.07, 6.45) is 7.17. The van der Waals surface area contributed by atoms with Crippen LogP contribution < -0.4 is 5.73 Å². The van der Waals surface area contributed by atoms with Crippen molar-refractivity contribution in [2.75, 3.05) is 18.8 Å². The summed E-state index contributed by atoms with van der Waals surface area (Å²) in [5, 5.41) is 0.662. The predicted octanol–water partition coefficient (Wildman–Crippen LogP) is 3.93. The van der Waals surface area contributed by atoms with E-state index in [1.165, 1.54) is 50.8 Å². The molecule has 2 N–H and O–H groups in total. The zero-order chi connectivity index (χ0) is 13.2. The monoisotopic (exact) mass is 278 g/mol. The standard InChI is InChI=1S/C16H23ClN2/c17-15-6-5-12(9-16(15)18)10-19-8-7-13-3-1-2-4-14(13)11-19/h5-6,9,13-14H,1-4,7-8,10-11,18H2. The highest BCUT2D eigenvalue weighted by molar-refractivity contribution is 6.33. The Kier molecular flexibility index (Phi) is 3.99. The van der Waals surface area contributed by atoms with Crippen molar-refractivity contribution in [3.05, 3.63) is 28.8 Å². The van der Waals surface area contributed by atoms with Gasteiger partial charge < -0.3 is 5.73 Å². The summed E-state index contributed by atoms with van der Waals surface area (Å²) in [5.41, 5.74) is 7.87. The Labute approximate surface area is 120 Å². The number of rotatable bonds is 2. The molecule has 1 aromatic carbocycles. The number of piperidine rings is 1. The number of hydrogen-bond acceptors (Lipinski definition) is 2. The second-order valence-corrected chi connectivity index (χ2v) is 6.59. The van der Waals surface area contributed by atoms with Crippen molar-refractivity contribution < 1.29 is 0 Å². The molecule has 2 atom stereocenters. The Morgan fingerprint density at radius 1 is 1.16 bits per heavy atom. The molecule has 2 nitrogen and oxygen atoms in total. The molecule has 0 bridgehead atoms. The first kappa shape index (κ1) is 13.3. The molecule has 0 spiro atoms. The summed E-state index contributed by atoms with van der Waals surface area (Å²) in [4.78, 5) is 2.59. The van der Waals surface area contributed by atoms with Crippen LogP contribution in [-0.2, 0) is 6.54 Å². The van der Waals surface area contributed by atoms with Crippen LogP contribution in [0.4, 0.5) is 5.69 Å². The molecule has 2 aliphatic rings. The minimum absolute atomic E-state index is 0.662. The largest absolute Gasteiger partial charge is 0.398 e. The average molecular weight is 279 g/mol. The minimum Gasteiger partial charge on any atom is -0.398 e. The van der Waals surface area contributed by atoms with Gasteiger partial charge >= 0.3 is 0 Å². The number of likely N-dealkylation sites (tertiary alicyclic amines) is 1. The molecule has 1 aliphatic carbocycles. The third-order valence-electron chi connectivity index (χ3n) is 4.84.